The summed E-state index contributed by atoms with van der Waals surface area (Å²) in [5.41, 5.74) is 2.73. The van der Waals surface area contributed by atoms with Crippen LogP contribution in [0.2, 0.25) is 0 Å². The van der Waals surface area contributed by atoms with Crippen LogP contribution in [0.15, 0.2) is 42.5 Å². The number of halogens is 3. The van der Waals surface area contributed by atoms with Gasteiger partial charge in [0.2, 0.25) is 0 Å². The van der Waals surface area contributed by atoms with E-state index < -0.39 is 0 Å². The van der Waals surface area contributed by atoms with Crippen molar-refractivity contribution in [2.75, 3.05) is 0 Å². The van der Waals surface area contributed by atoms with Crippen molar-refractivity contribution >= 4 is 45.2 Å². The highest BCUT2D eigenvalue weighted by Crippen LogP contribution is 2.24. The highest BCUT2D eigenvalue weighted by Gasteiger charge is 2.11. The Morgan fingerprint density at radius 1 is 1.16 bits per heavy atom. The fraction of sp³-hybridized carbons (Fsp3) is 0.0714. The molecule has 3 aromatic rings. The molecule has 0 radical (unpaired) electrons. The van der Waals surface area contributed by atoms with Crippen molar-refractivity contribution in [3.8, 4) is 5.69 Å². The molecule has 3 rings (SSSR count). The van der Waals surface area contributed by atoms with Gasteiger partial charge in [-0.05, 0) is 65.1 Å². The Morgan fingerprint density at radius 2 is 1.89 bits per heavy atom. The van der Waals surface area contributed by atoms with Gasteiger partial charge in [-0.1, -0.05) is 0 Å². The zero-order valence-corrected chi connectivity index (χ0v) is 12.7. The van der Waals surface area contributed by atoms with Crippen LogP contribution in [0.5, 0.6) is 0 Å². The van der Waals surface area contributed by atoms with Gasteiger partial charge in [-0.2, -0.15) is 0 Å². The molecule has 19 heavy (non-hydrogen) atoms. The topological polar surface area (TPSA) is 17.8 Å². The number of hydrogen-bond acceptors (Lipinski definition) is 1. The normalized spacial score (nSPS) is 11.1. The molecule has 0 saturated carbocycles. The minimum atomic E-state index is -0.254. The second kappa shape index (κ2) is 5.09. The third-order valence-electron chi connectivity index (χ3n) is 2.89. The van der Waals surface area contributed by atoms with E-state index in [1.807, 2.05) is 22.8 Å². The van der Waals surface area contributed by atoms with Gasteiger partial charge >= 0.3 is 0 Å². The lowest BCUT2D eigenvalue weighted by Gasteiger charge is -2.07. The molecule has 0 unspecified atom stereocenters. The van der Waals surface area contributed by atoms with Crippen molar-refractivity contribution in [2.45, 2.75) is 5.88 Å². The fourth-order valence-corrected chi connectivity index (χ4v) is 2.73. The number of benzene rings is 2. The van der Waals surface area contributed by atoms with Crippen LogP contribution < -0.4 is 0 Å². The molecule has 1 heterocycles. The van der Waals surface area contributed by atoms with Gasteiger partial charge in [0.15, 0.2) is 0 Å². The van der Waals surface area contributed by atoms with E-state index >= 15 is 0 Å². The molecule has 0 aliphatic carbocycles. The van der Waals surface area contributed by atoms with Gasteiger partial charge in [0.05, 0.1) is 16.9 Å². The van der Waals surface area contributed by atoms with E-state index in [1.165, 1.54) is 12.1 Å². The Morgan fingerprint density at radius 3 is 2.58 bits per heavy atom. The maximum Gasteiger partial charge on any atom is 0.129 e. The molecule has 0 fully saturated rings. The smallest absolute Gasteiger partial charge is 0.129 e. The molecule has 5 heteroatoms. The molecule has 0 N–H and O–H groups in total. The molecule has 2 nitrogen and oxygen atoms in total. The number of nitrogens with zero attached hydrogens (tertiary/aromatic N) is 2. The van der Waals surface area contributed by atoms with Crippen LogP contribution in [-0.2, 0) is 5.88 Å². The molecular weight excluding hydrogens is 378 g/mol. The average molecular weight is 387 g/mol. The number of imidazole rings is 1. The standard InChI is InChI=1S/C14H9ClFIN2/c15-8-14-18-12-7-10(17)3-6-13(12)19(14)11-4-1-9(16)2-5-11/h1-7H,8H2. The summed E-state index contributed by atoms with van der Waals surface area (Å²) in [6.07, 6.45) is 0. The molecule has 2 aromatic carbocycles. The van der Waals surface area contributed by atoms with E-state index in [0.717, 1.165) is 26.1 Å². The van der Waals surface area contributed by atoms with Crippen molar-refractivity contribution in [3.05, 3.63) is 57.7 Å². The molecule has 0 spiro atoms. The largest absolute Gasteiger partial charge is 0.295 e. The van der Waals surface area contributed by atoms with Gasteiger partial charge < -0.3 is 0 Å². The van der Waals surface area contributed by atoms with E-state index in [0.29, 0.717) is 5.88 Å². The summed E-state index contributed by atoms with van der Waals surface area (Å²) >= 11 is 8.21. The highest BCUT2D eigenvalue weighted by atomic mass is 127. The van der Waals surface area contributed by atoms with Crippen LogP contribution >= 0.6 is 34.2 Å². The van der Waals surface area contributed by atoms with Crippen LogP contribution in [-0.4, -0.2) is 9.55 Å². The Kier molecular flexibility index (Phi) is 3.45. The fourth-order valence-electron chi connectivity index (χ4n) is 2.07. The molecule has 0 atom stereocenters. The van der Waals surface area contributed by atoms with Crippen molar-refractivity contribution in [1.82, 2.24) is 9.55 Å². The van der Waals surface area contributed by atoms with Crippen molar-refractivity contribution < 1.29 is 4.39 Å². The lowest BCUT2D eigenvalue weighted by molar-refractivity contribution is 0.627. The number of aromatic nitrogens is 2. The summed E-state index contributed by atoms with van der Waals surface area (Å²) in [4.78, 5) is 4.52. The Bertz CT molecular complexity index is 737. The third kappa shape index (κ3) is 2.34. The number of alkyl halides is 1. The Labute approximate surface area is 128 Å². The zero-order chi connectivity index (χ0) is 13.4. The van der Waals surface area contributed by atoms with Crippen LogP contribution in [0.25, 0.3) is 16.7 Å². The molecule has 96 valence electrons. The molecule has 0 bridgehead atoms. The lowest BCUT2D eigenvalue weighted by atomic mass is 10.2. The summed E-state index contributed by atoms with van der Waals surface area (Å²) in [6.45, 7) is 0. The van der Waals surface area contributed by atoms with E-state index in [2.05, 4.69) is 27.6 Å². The first kappa shape index (κ1) is 12.9. The minimum absolute atomic E-state index is 0.254. The van der Waals surface area contributed by atoms with E-state index in [4.69, 9.17) is 11.6 Å². The quantitative estimate of drug-likeness (QED) is 0.468. The van der Waals surface area contributed by atoms with Crippen molar-refractivity contribution in [1.29, 1.82) is 0 Å². The predicted molar refractivity (Wildman–Crippen MR) is 83.3 cm³/mol. The summed E-state index contributed by atoms with van der Waals surface area (Å²) in [5.74, 6) is 0.809. The van der Waals surface area contributed by atoms with E-state index in [9.17, 15) is 4.39 Å². The molecule has 1 aromatic heterocycles. The number of fused-ring (bicyclic) bond motifs is 1. The van der Waals surface area contributed by atoms with Crippen LogP contribution in [0, 0.1) is 9.39 Å². The van der Waals surface area contributed by atoms with Crippen LogP contribution in [0.4, 0.5) is 4.39 Å². The predicted octanol–water partition coefficient (Wildman–Crippen LogP) is 4.51. The van der Waals surface area contributed by atoms with Gasteiger partial charge in [0.25, 0.3) is 0 Å². The lowest BCUT2D eigenvalue weighted by Crippen LogP contribution is -1.99. The highest BCUT2D eigenvalue weighted by molar-refractivity contribution is 14.1. The van der Waals surface area contributed by atoms with Gasteiger partial charge in [-0.3, -0.25) is 4.57 Å². The van der Waals surface area contributed by atoms with Crippen molar-refractivity contribution in [2.24, 2.45) is 0 Å². The number of hydrogen-bond donors (Lipinski definition) is 0. The van der Waals surface area contributed by atoms with Gasteiger partial charge in [-0.25, -0.2) is 9.37 Å². The second-order valence-corrected chi connectivity index (χ2v) is 5.62. The average Bonchev–Trinajstić information content (AvgIpc) is 2.77. The molecule has 0 saturated heterocycles. The van der Waals surface area contributed by atoms with Gasteiger partial charge in [0.1, 0.15) is 11.6 Å². The summed E-state index contributed by atoms with van der Waals surface area (Å²) in [7, 11) is 0. The Balaban J connectivity index is 2.29. The zero-order valence-electron chi connectivity index (χ0n) is 9.78. The van der Waals surface area contributed by atoms with Crippen LogP contribution in [0.1, 0.15) is 5.82 Å². The minimum Gasteiger partial charge on any atom is -0.295 e. The van der Waals surface area contributed by atoms with Crippen molar-refractivity contribution in [3.63, 3.8) is 0 Å². The summed E-state index contributed by atoms with van der Waals surface area (Å²) < 4.78 is 16.1. The van der Waals surface area contributed by atoms with Crippen LogP contribution in [0.3, 0.4) is 0 Å². The van der Waals surface area contributed by atoms with E-state index in [1.54, 1.807) is 12.1 Å². The molecule has 0 aliphatic rings. The maximum atomic E-state index is 13.0. The Hall–Kier alpha value is -1.14. The first-order valence-corrected chi connectivity index (χ1v) is 7.29. The first-order valence-electron chi connectivity index (χ1n) is 5.68. The molecule has 0 aliphatic heterocycles. The third-order valence-corrected chi connectivity index (χ3v) is 3.80. The maximum absolute atomic E-state index is 13.0. The molecule has 0 amide bonds. The monoisotopic (exact) mass is 386 g/mol. The van der Waals surface area contributed by atoms with E-state index in [-0.39, 0.29) is 5.82 Å². The SMILES string of the molecule is Fc1ccc(-n2c(CCl)nc3cc(I)ccc32)cc1. The number of rotatable bonds is 2. The molecular formula is C14H9ClFIN2. The van der Waals surface area contributed by atoms with Gasteiger partial charge in [0, 0.05) is 9.26 Å². The second-order valence-electron chi connectivity index (χ2n) is 4.11. The first-order chi connectivity index (χ1) is 9.19. The van der Waals surface area contributed by atoms with Gasteiger partial charge in [-0.15, -0.1) is 11.6 Å². The summed E-state index contributed by atoms with van der Waals surface area (Å²) in [6, 6.07) is 12.4. The summed E-state index contributed by atoms with van der Waals surface area (Å²) in [5, 5.41) is 0.